The first-order valence-corrected chi connectivity index (χ1v) is 6.67. The molecule has 0 saturated carbocycles. The molecule has 1 saturated heterocycles. The molecule has 1 unspecified atom stereocenters. The molecule has 2 atom stereocenters. The zero-order valence-corrected chi connectivity index (χ0v) is 11.5. The molecule has 0 bridgehead atoms. The van der Waals surface area contributed by atoms with Crippen molar-refractivity contribution in [2.75, 3.05) is 32.8 Å². The minimum Gasteiger partial charge on any atom is -0.480 e. The number of hydrogen-bond acceptors (Lipinski definition) is 4. The van der Waals surface area contributed by atoms with Crippen LogP contribution in [0.2, 0.25) is 0 Å². The van der Waals surface area contributed by atoms with Crippen LogP contribution < -0.4 is 10.6 Å². The van der Waals surface area contributed by atoms with Crippen molar-refractivity contribution in [2.45, 2.75) is 32.4 Å². The SMILES string of the molecule is CC[C@H](NC(=O)NCC1CN(CC)CCO1)C(=O)O. The van der Waals surface area contributed by atoms with Crippen LogP contribution in [0.25, 0.3) is 0 Å². The number of rotatable bonds is 6. The summed E-state index contributed by atoms with van der Waals surface area (Å²) in [7, 11) is 0. The van der Waals surface area contributed by atoms with E-state index in [9.17, 15) is 9.59 Å². The Morgan fingerprint density at radius 3 is 2.79 bits per heavy atom. The fourth-order valence-corrected chi connectivity index (χ4v) is 1.95. The largest absolute Gasteiger partial charge is 0.480 e. The maximum absolute atomic E-state index is 11.6. The standard InChI is InChI=1S/C12H23N3O4/c1-3-10(11(16)17)14-12(18)13-7-9-8-15(4-2)5-6-19-9/h9-10H,3-8H2,1-2H3,(H,16,17)(H2,13,14,18)/t9?,10-/m0/s1. The lowest BCUT2D eigenvalue weighted by atomic mass is 10.2. The third-order valence-electron chi connectivity index (χ3n) is 3.17. The molecule has 7 heteroatoms. The summed E-state index contributed by atoms with van der Waals surface area (Å²) in [5.74, 6) is -1.02. The molecule has 1 rings (SSSR count). The smallest absolute Gasteiger partial charge is 0.326 e. The van der Waals surface area contributed by atoms with E-state index in [1.165, 1.54) is 0 Å². The van der Waals surface area contributed by atoms with Gasteiger partial charge in [-0.2, -0.15) is 0 Å². The lowest BCUT2D eigenvalue weighted by molar-refractivity contribution is -0.139. The third-order valence-corrected chi connectivity index (χ3v) is 3.17. The van der Waals surface area contributed by atoms with Gasteiger partial charge < -0.3 is 20.5 Å². The summed E-state index contributed by atoms with van der Waals surface area (Å²) in [5.41, 5.74) is 0. The third kappa shape index (κ3) is 5.44. The molecule has 7 nitrogen and oxygen atoms in total. The number of morpholine rings is 1. The molecule has 1 fully saturated rings. The molecule has 110 valence electrons. The van der Waals surface area contributed by atoms with Crippen molar-refractivity contribution in [3.63, 3.8) is 0 Å². The normalized spacial score (nSPS) is 21.7. The highest BCUT2D eigenvalue weighted by Gasteiger charge is 2.21. The number of carbonyl (C=O) groups excluding carboxylic acids is 1. The Hall–Kier alpha value is -1.34. The van der Waals surface area contributed by atoms with E-state index in [0.717, 1.165) is 19.6 Å². The molecule has 0 aromatic heterocycles. The molecular formula is C12H23N3O4. The Morgan fingerprint density at radius 1 is 1.47 bits per heavy atom. The molecule has 1 aliphatic heterocycles. The Labute approximate surface area is 113 Å². The van der Waals surface area contributed by atoms with Crippen LogP contribution in [0.4, 0.5) is 4.79 Å². The quantitative estimate of drug-likeness (QED) is 0.627. The topological polar surface area (TPSA) is 90.9 Å². The second-order valence-corrected chi connectivity index (χ2v) is 4.54. The van der Waals surface area contributed by atoms with Gasteiger partial charge in [0.2, 0.25) is 0 Å². The van der Waals surface area contributed by atoms with Crippen LogP contribution in [0.1, 0.15) is 20.3 Å². The fraction of sp³-hybridized carbons (Fsp3) is 0.833. The Bertz CT molecular complexity index is 311. The average molecular weight is 273 g/mol. The first-order chi connectivity index (χ1) is 9.06. The zero-order valence-electron chi connectivity index (χ0n) is 11.5. The number of carboxylic acids is 1. The second-order valence-electron chi connectivity index (χ2n) is 4.54. The van der Waals surface area contributed by atoms with E-state index in [0.29, 0.717) is 19.6 Å². The lowest BCUT2D eigenvalue weighted by Crippen LogP contribution is -2.51. The summed E-state index contributed by atoms with van der Waals surface area (Å²) >= 11 is 0. The van der Waals surface area contributed by atoms with Crippen molar-refractivity contribution < 1.29 is 19.4 Å². The summed E-state index contributed by atoms with van der Waals surface area (Å²) in [6.45, 7) is 7.50. The maximum Gasteiger partial charge on any atom is 0.326 e. The van der Waals surface area contributed by atoms with Crippen molar-refractivity contribution in [3.8, 4) is 0 Å². The molecule has 0 aliphatic carbocycles. The highest BCUT2D eigenvalue weighted by molar-refractivity contribution is 5.82. The highest BCUT2D eigenvalue weighted by atomic mass is 16.5. The van der Waals surface area contributed by atoms with Crippen molar-refractivity contribution in [1.82, 2.24) is 15.5 Å². The number of aliphatic carboxylic acids is 1. The van der Waals surface area contributed by atoms with Crippen molar-refractivity contribution in [1.29, 1.82) is 0 Å². The van der Waals surface area contributed by atoms with Gasteiger partial charge in [0.05, 0.1) is 12.7 Å². The summed E-state index contributed by atoms with van der Waals surface area (Å²) in [6, 6.07) is -1.31. The summed E-state index contributed by atoms with van der Waals surface area (Å²) in [5, 5.41) is 13.9. The summed E-state index contributed by atoms with van der Waals surface area (Å²) < 4.78 is 5.54. The van der Waals surface area contributed by atoms with E-state index in [2.05, 4.69) is 22.5 Å². The summed E-state index contributed by atoms with van der Waals surface area (Å²) in [6.07, 6.45) is 0.316. The van der Waals surface area contributed by atoms with Gasteiger partial charge >= 0.3 is 12.0 Å². The Morgan fingerprint density at radius 2 is 2.21 bits per heavy atom. The van der Waals surface area contributed by atoms with E-state index in [1.807, 2.05) is 0 Å². The van der Waals surface area contributed by atoms with Crippen LogP contribution in [0, 0.1) is 0 Å². The molecule has 0 aromatic carbocycles. The van der Waals surface area contributed by atoms with Gasteiger partial charge in [0.25, 0.3) is 0 Å². The maximum atomic E-state index is 11.6. The van der Waals surface area contributed by atoms with E-state index in [4.69, 9.17) is 9.84 Å². The van der Waals surface area contributed by atoms with Gasteiger partial charge in [0, 0.05) is 19.6 Å². The number of likely N-dealkylation sites (N-methyl/N-ethyl adjacent to an activating group) is 1. The number of nitrogens with one attached hydrogen (secondary N) is 2. The predicted octanol–water partition coefficient (Wildman–Crippen LogP) is -0.130. The number of carboxylic acid groups (broad SMARTS) is 1. The van der Waals surface area contributed by atoms with Gasteiger partial charge in [0.15, 0.2) is 0 Å². The molecule has 2 amide bonds. The molecule has 19 heavy (non-hydrogen) atoms. The van der Waals surface area contributed by atoms with Gasteiger partial charge in [0.1, 0.15) is 6.04 Å². The highest BCUT2D eigenvalue weighted by Crippen LogP contribution is 2.03. The number of amides is 2. The van der Waals surface area contributed by atoms with Crippen LogP contribution >= 0.6 is 0 Å². The number of ether oxygens (including phenoxy) is 1. The van der Waals surface area contributed by atoms with Gasteiger partial charge in [-0.15, -0.1) is 0 Å². The van der Waals surface area contributed by atoms with Crippen LogP contribution in [-0.4, -0.2) is 66.9 Å². The van der Waals surface area contributed by atoms with Crippen molar-refractivity contribution >= 4 is 12.0 Å². The molecule has 1 heterocycles. The van der Waals surface area contributed by atoms with Crippen molar-refractivity contribution in [3.05, 3.63) is 0 Å². The summed E-state index contributed by atoms with van der Waals surface area (Å²) in [4.78, 5) is 24.6. The molecule has 1 aliphatic rings. The number of nitrogens with zero attached hydrogens (tertiary/aromatic N) is 1. The number of carbonyl (C=O) groups is 2. The Balaban J connectivity index is 2.27. The second kappa shape index (κ2) is 7.96. The Kier molecular flexibility index (Phi) is 6.58. The molecule has 0 spiro atoms. The first-order valence-electron chi connectivity index (χ1n) is 6.67. The van der Waals surface area contributed by atoms with Gasteiger partial charge in [-0.1, -0.05) is 13.8 Å². The molecule has 3 N–H and O–H groups in total. The van der Waals surface area contributed by atoms with Crippen LogP contribution in [0.3, 0.4) is 0 Å². The predicted molar refractivity (Wildman–Crippen MR) is 70.1 cm³/mol. The molecular weight excluding hydrogens is 250 g/mol. The molecule has 0 radical (unpaired) electrons. The van der Waals surface area contributed by atoms with E-state index >= 15 is 0 Å². The van der Waals surface area contributed by atoms with E-state index < -0.39 is 18.0 Å². The van der Waals surface area contributed by atoms with Crippen LogP contribution in [-0.2, 0) is 9.53 Å². The van der Waals surface area contributed by atoms with E-state index in [-0.39, 0.29) is 6.10 Å². The van der Waals surface area contributed by atoms with Crippen LogP contribution in [0.5, 0.6) is 0 Å². The van der Waals surface area contributed by atoms with Gasteiger partial charge in [-0.25, -0.2) is 9.59 Å². The minimum atomic E-state index is -1.02. The first kappa shape index (κ1) is 15.7. The monoisotopic (exact) mass is 273 g/mol. The van der Waals surface area contributed by atoms with Crippen LogP contribution in [0.15, 0.2) is 0 Å². The number of urea groups is 1. The van der Waals surface area contributed by atoms with Gasteiger partial charge in [-0.3, -0.25) is 4.90 Å². The minimum absolute atomic E-state index is 0.0376. The number of hydrogen-bond donors (Lipinski definition) is 3. The average Bonchev–Trinajstić information content (AvgIpc) is 2.42. The van der Waals surface area contributed by atoms with E-state index in [1.54, 1.807) is 6.92 Å². The molecule has 0 aromatic rings. The van der Waals surface area contributed by atoms with Crippen molar-refractivity contribution in [2.24, 2.45) is 0 Å². The zero-order chi connectivity index (χ0) is 14.3. The lowest BCUT2D eigenvalue weighted by Gasteiger charge is -2.32. The van der Waals surface area contributed by atoms with Gasteiger partial charge in [-0.05, 0) is 13.0 Å². The fourth-order valence-electron chi connectivity index (χ4n) is 1.95.